The van der Waals surface area contributed by atoms with Crippen molar-refractivity contribution in [2.24, 2.45) is 0 Å². The van der Waals surface area contributed by atoms with E-state index in [1.807, 2.05) is 0 Å². The molecular weight excluding hydrogens is 233 g/mol. The molecule has 1 aromatic carbocycles. The maximum atomic E-state index is 11.3. The van der Waals surface area contributed by atoms with Gasteiger partial charge >= 0.3 is 0 Å². The summed E-state index contributed by atoms with van der Waals surface area (Å²) in [5, 5.41) is 0.943. The quantitative estimate of drug-likeness (QED) is 0.732. The van der Waals surface area contributed by atoms with Gasteiger partial charge in [0.15, 0.2) is 0 Å². The monoisotopic (exact) mass is 243 g/mol. The fourth-order valence-corrected chi connectivity index (χ4v) is 1.33. The molecule has 80 valence electrons. The number of nitrogens with zero attached hydrogens (tertiary/aromatic N) is 1. The molecule has 1 rings (SSSR count). The maximum Gasteiger partial charge on any atom is 0.246 e. The van der Waals surface area contributed by atoms with Gasteiger partial charge in [0.2, 0.25) is 5.91 Å². The lowest BCUT2D eigenvalue weighted by molar-refractivity contribution is -0.123. The molecule has 0 radical (unpaired) electrons. The second-order valence-corrected chi connectivity index (χ2v) is 3.99. The van der Waals surface area contributed by atoms with Crippen molar-refractivity contribution in [1.82, 2.24) is 4.90 Å². The minimum absolute atomic E-state index is 0.0916. The number of rotatable bonds is 2. The van der Waals surface area contributed by atoms with Crippen molar-refractivity contribution >= 4 is 35.2 Å². The van der Waals surface area contributed by atoms with E-state index < -0.39 is 0 Å². The van der Waals surface area contributed by atoms with E-state index in [1.54, 1.807) is 38.4 Å². The van der Waals surface area contributed by atoms with Crippen LogP contribution < -0.4 is 0 Å². The molecule has 0 aliphatic rings. The Morgan fingerprint density at radius 3 is 2.60 bits per heavy atom. The van der Waals surface area contributed by atoms with Crippen LogP contribution in [0.1, 0.15) is 5.56 Å². The SMILES string of the molecule is CN(C)C(=O)C=Cc1cccc(Cl)c1Cl. The second kappa shape index (κ2) is 5.19. The number of halogens is 2. The van der Waals surface area contributed by atoms with Crippen LogP contribution in [0.3, 0.4) is 0 Å². The summed E-state index contributed by atoms with van der Waals surface area (Å²) < 4.78 is 0. The largest absolute Gasteiger partial charge is 0.345 e. The number of hydrogen-bond acceptors (Lipinski definition) is 1. The van der Waals surface area contributed by atoms with E-state index in [4.69, 9.17) is 23.2 Å². The van der Waals surface area contributed by atoms with Gasteiger partial charge in [0.1, 0.15) is 0 Å². The first-order chi connectivity index (χ1) is 7.02. The van der Waals surface area contributed by atoms with Crippen LogP contribution in [0.5, 0.6) is 0 Å². The van der Waals surface area contributed by atoms with Gasteiger partial charge in [0.25, 0.3) is 0 Å². The van der Waals surface area contributed by atoms with Gasteiger partial charge in [-0.2, -0.15) is 0 Å². The zero-order valence-electron chi connectivity index (χ0n) is 8.50. The summed E-state index contributed by atoms with van der Waals surface area (Å²) >= 11 is 11.8. The number of likely N-dealkylation sites (N-methyl/N-ethyl adjacent to an activating group) is 1. The van der Waals surface area contributed by atoms with Gasteiger partial charge in [-0.1, -0.05) is 35.3 Å². The van der Waals surface area contributed by atoms with Gasteiger partial charge in [0, 0.05) is 20.2 Å². The highest BCUT2D eigenvalue weighted by Gasteiger charge is 2.02. The Morgan fingerprint density at radius 2 is 2.00 bits per heavy atom. The minimum atomic E-state index is -0.0916. The summed E-state index contributed by atoms with van der Waals surface area (Å²) in [6.45, 7) is 0. The molecule has 0 aromatic heterocycles. The first kappa shape index (κ1) is 12.1. The van der Waals surface area contributed by atoms with Crippen molar-refractivity contribution in [3.8, 4) is 0 Å². The maximum absolute atomic E-state index is 11.3. The Hall–Kier alpha value is -0.990. The molecule has 0 unspecified atom stereocenters. The summed E-state index contributed by atoms with van der Waals surface area (Å²) in [5.41, 5.74) is 0.736. The number of carbonyl (C=O) groups is 1. The van der Waals surface area contributed by atoms with E-state index in [0.717, 1.165) is 5.56 Å². The van der Waals surface area contributed by atoms with E-state index in [9.17, 15) is 4.79 Å². The average Bonchev–Trinajstić information content (AvgIpc) is 2.19. The van der Waals surface area contributed by atoms with Crippen molar-refractivity contribution in [3.05, 3.63) is 39.9 Å². The lowest BCUT2D eigenvalue weighted by atomic mass is 10.2. The molecule has 15 heavy (non-hydrogen) atoms. The van der Waals surface area contributed by atoms with Gasteiger partial charge < -0.3 is 4.90 Å². The highest BCUT2D eigenvalue weighted by molar-refractivity contribution is 6.42. The van der Waals surface area contributed by atoms with Crippen LogP contribution in [0.15, 0.2) is 24.3 Å². The van der Waals surface area contributed by atoms with Crippen molar-refractivity contribution in [3.63, 3.8) is 0 Å². The molecule has 0 atom stereocenters. The molecule has 0 saturated heterocycles. The first-order valence-electron chi connectivity index (χ1n) is 4.35. The summed E-state index contributed by atoms with van der Waals surface area (Å²) in [7, 11) is 3.37. The van der Waals surface area contributed by atoms with E-state index in [1.165, 1.54) is 11.0 Å². The third kappa shape index (κ3) is 3.26. The van der Waals surface area contributed by atoms with Crippen LogP contribution in [0.4, 0.5) is 0 Å². The third-order valence-corrected chi connectivity index (χ3v) is 2.66. The number of carbonyl (C=O) groups excluding carboxylic acids is 1. The van der Waals surface area contributed by atoms with Crippen LogP contribution in [0, 0.1) is 0 Å². The molecule has 0 heterocycles. The predicted octanol–water partition coefficient (Wildman–Crippen LogP) is 3.09. The molecule has 4 heteroatoms. The molecule has 0 saturated carbocycles. The van der Waals surface area contributed by atoms with Gasteiger partial charge in [-0.05, 0) is 17.7 Å². The molecular formula is C11H11Cl2NO. The Morgan fingerprint density at radius 1 is 1.33 bits per heavy atom. The zero-order chi connectivity index (χ0) is 11.4. The number of benzene rings is 1. The van der Waals surface area contributed by atoms with E-state index in [0.29, 0.717) is 10.0 Å². The van der Waals surface area contributed by atoms with Crippen LogP contribution in [0.25, 0.3) is 6.08 Å². The van der Waals surface area contributed by atoms with E-state index >= 15 is 0 Å². The molecule has 1 aromatic rings. The Kier molecular flexibility index (Phi) is 4.18. The fourth-order valence-electron chi connectivity index (χ4n) is 0.959. The van der Waals surface area contributed by atoms with Gasteiger partial charge in [-0.15, -0.1) is 0 Å². The van der Waals surface area contributed by atoms with E-state index in [2.05, 4.69) is 0 Å². The molecule has 0 N–H and O–H groups in total. The smallest absolute Gasteiger partial charge is 0.246 e. The molecule has 0 spiro atoms. The predicted molar refractivity (Wildman–Crippen MR) is 64.2 cm³/mol. The zero-order valence-corrected chi connectivity index (χ0v) is 10.0. The number of hydrogen-bond donors (Lipinski definition) is 0. The molecule has 2 nitrogen and oxygen atoms in total. The summed E-state index contributed by atoms with van der Waals surface area (Å²) in [4.78, 5) is 12.8. The van der Waals surface area contributed by atoms with Crippen molar-refractivity contribution in [2.75, 3.05) is 14.1 Å². The van der Waals surface area contributed by atoms with Crippen molar-refractivity contribution < 1.29 is 4.79 Å². The highest BCUT2D eigenvalue weighted by Crippen LogP contribution is 2.26. The lowest BCUT2D eigenvalue weighted by Gasteiger charge is -2.05. The molecule has 1 amide bonds. The Balaban J connectivity index is 2.90. The molecule has 0 fully saturated rings. The summed E-state index contributed by atoms with van der Waals surface area (Å²) in [6.07, 6.45) is 3.11. The second-order valence-electron chi connectivity index (χ2n) is 3.21. The molecule has 0 aliphatic heterocycles. The summed E-state index contributed by atoms with van der Waals surface area (Å²) in [6, 6.07) is 5.29. The normalized spacial score (nSPS) is 10.7. The topological polar surface area (TPSA) is 20.3 Å². The van der Waals surface area contributed by atoms with Gasteiger partial charge in [-0.3, -0.25) is 4.79 Å². The van der Waals surface area contributed by atoms with E-state index in [-0.39, 0.29) is 5.91 Å². The van der Waals surface area contributed by atoms with Crippen LogP contribution in [-0.2, 0) is 4.79 Å². The first-order valence-corrected chi connectivity index (χ1v) is 5.11. The lowest BCUT2D eigenvalue weighted by Crippen LogP contribution is -2.18. The Bertz CT molecular complexity index is 400. The fraction of sp³-hybridized carbons (Fsp3) is 0.182. The minimum Gasteiger partial charge on any atom is -0.345 e. The average molecular weight is 244 g/mol. The number of amides is 1. The standard InChI is InChI=1S/C11H11Cl2NO/c1-14(2)10(15)7-6-8-4-3-5-9(12)11(8)13/h3-7H,1-2H3. The Labute approximate surface area is 99.1 Å². The molecule has 0 aliphatic carbocycles. The van der Waals surface area contributed by atoms with Crippen molar-refractivity contribution in [1.29, 1.82) is 0 Å². The van der Waals surface area contributed by atoms with Gasteiger partial charge in [0.05, 0.1) is 10.0 Å². The third-order valence-electron chi connectivity index (χ3n) is 1.83. The molecule has 0 bridgehead atoms. The van der Waals surface area contributed by atoms with Crippen LogP contribution in [-0.4, -0.2) is 24.9 Å². The highest BCUT2D eigenvalue weighted by atomic mass is 35.5. The van der Waals surface area contributed by atoms with Gasteiger partial charge in [-0.25, -0.2) is 0 Å². The van der Waals surface area contributed by atoms with Crippen molar-refractivity contribution in [2.45, 2.75) is 0 Å². The van der Waals surface area contributed by atoms with Crippen LogP contribution in [0.2, 0.25) is 10.0 Å². The summed E-state index contributed by atoms with van der Waals surface area (Å²) in [5.74, 6) is -0.0916. The van der Waals surface area contributed by atoms with Crippen LogP contribution >= 0.6 is 23.2 Å².